The molecule has 0 saturated carbocycles. The summed E-state index contributed by atoms with van der Waals surface area (Å²) in [6.45, 7) is 2.38. The van der Waals surface area contributed by atoms with E-state index in [1.807, 2.05) is 13.1 Å². The second-order valence-corrected chi connectivity index (χ2v) is 10.3. The molecule has 0 bridgehead atoms. The van der Waals surface area contributed by atoms with E-state index in [9.17, 15) is 13.7 Å². The predicted molar refractivity (Wildman–Crippen MR) is 113 cm³/mol. The molecule has 0 atom stereocenters. The molecule has 0 N–H and O–H groups in total. The Kier molecular flexibility index (Phi) is 6.92. The van der Waals surface area contributed by atoms with E-state index >= 15 is 0 Å². The molecule has 148 valence electrons. The molecule has 28 heavy (non-hydrogen) atoms. The highest BCUT2D eigenvalue weighted by molar-refractivity contribution is 8.00. The summed E-state index contributed by atoms with van der Waals surface area (Å²) in [4.78, 5) is 3.41. The van der Waals surface area contributed by atoms with E-state index in [4.69, 9.17) is 23.2 Å². The van der Waals surface area contributed by atoms with Crippen LogP contribution in [0.2, 0.25) is 10.0 Å². The highest BCUT2D eigenvalue weighted by Gasteiger charge is 2.29. The maximum atomic E-state index is 13.4. The average molecular weight is 456 g/mol. The van der Waals surface area contributed by atoms with Gasteiger partial charge in [-0.1, -0.05) is 35.0 Å². The topological polar surface area (TPSA) is 64.4 Å². The third kappa shape index (κ3) is 4.82. The van der Waals surface area contributed by atoms with E-state index in [1.165, 1.54) is 22.1 Å². The van der Waals surface area contributed by atoms with Crippen molar-refractivity contribution >= 4 is 45.0 Å². The lowest BCUT2D eigenvalue weighted by Gasteiger charge is -2.22. The van der Waals surface area contributed by atoms with Gasteiger partial charge in [0.15, 0.2) is 0 Å². The number of rotatable bonds is 4. The second-order valence-electron chi connectivity index (χ2n) is 6.51. The van der Waals surface area contributed by atoms with E-state index in [0.29, 0.717) is 45.0 Å². The summed E-state index contributed by atoms with van der Waals surface area (Å²) in [6.07, 6.45) is 0.760. The van der Waals surface area contributed by atoms with Crippen LogP contribution < -0.4 is 0 Å². The first kappa shape index (κ1) is 21.4. The van der Waals surface area contributed by atoms with Gasteiger partial charge in [-0.2, -0.15) is 9.57 Å². The molecule has 0 aromatic heterocycles. The Hall–Kier alpha value is -1.27. The van der Waals surface area contributed by atoms with E-state index in [1.54, 1.807) is 30.3 Å². The van der Waals surface area contributed by atoms with E-state index < -0.39 is 10.0 Å². The van der Waals surface area contributed by atoms with Crippen molar-refractivity contribution in [3.05, 3.63) is 52.0 Å². The zero-order valence-electron chi connectivity index (χ0n) is 15.2. The van der Waals surface area contributed by atoms with Gasteiger partial charge in [0.05, 0.1) is 21.6 Å². The lowest BCUT2D eigenvalue weighted by atomic mass is 10.2. The summed E-state index contributed by atoms with van der Waals surface area (Å²) in [6, 6.07) is 11.8. The third-order valence-corrected chi connectivity index (χ3v) is 8.36. The van der Waals surface area contributed by atoms with Crippen LogP contribution >= 0.6 is 35.0 Å². The second kappa shape index (κ2) is 9.04. The molecule has 0 aliphatic carbocycles. The van der Waals surface area contributed by atoms with Crippen LogP contribution in [0.5, 0.6) is 0 Å². The molecule has 9 heteroatoms. The van der Waals surface area contributed by atoms with Gasteiger partial charge in [0.25, 0.3) is 0 Å². The van der Waals surface area contributed by atoms with Crippen molar-refractivity contribution in [2.75, 3.05) is 33.2 Å². The SMILES string of the molecule is CN1CCCN(S(=O)(=O)c2cc(C#N)ccc2Sc2cc(Cl)ccc2Cl)CC1. The van der Waals surface area contributed by atoms with Crippen LogP contribution in [0.15, 0.2) is 51.1 Å². The van der Waals surface area contributed by atoms with Gasteiger partial charge in [0, 0.05) is 34.4 Å². The molecule has 2 aromatic rings. The monoisotopic (exact) mass is 455 g/mol. The molecule has 1 saturated heterocycles. The van der Waals surface area contributed by atoms with Crippen LogP contribution in [-0.4, -0.2) is 50.8 Å². The Bertz CT molecular complexity index is 1020. The Morgan fingerprint density at radius 2 is 1.82 bits per heavy atom. The summed E-state index contributed by atoms with van der Waals surface area (Å²) in [5, 5.41) is 10.3. The molecule has 0 radical (unpaired) electrons. The number of sulfonamides is 1. The minimum absolute atomic E-state index is 0.122. The Morgan fingerprint density at radius 3 is 2.57 bits per heavy atom. The van der Waals surface area contributed by atoms with Gasteiger partial charge in [-0.05, 0) is 56.4 Å². The summed E-state index contributed by atoms with van der Waals surface area (Å²) < 4.78 is 28.3. The van der Waals surface area contributed by atoms with Gasteiger partial charge < -0.3 is 4.90 Å². The van der Waals surface area contributed by atoms with Crippen molar-refractivity contribution in [3.8, 4) is 6.07 Å². The standard InChI is InChI=1S/C19H19Cl2N3O2S2/c1-23-7-2-8-24(10-9-23)28(25,26)19-11-14(13-22)3-6-17(19)27-18-12-15(20)4-5-16(18)21/h3-6,11-12H,2,7-10H2,1H3. The average Bonchev–Trinajstić information content (AvgIpc) is 2.90. The normalized spacial score (nSPS) is 16.5. The number of benzene rings is 2. The van der Waals surface area contributed by atoms with Crippen LogP contribution in [0.3, 0.4) is 0 Å². The van der Waals surface area contributed by atoms with Gasteiger partial charge in [0.1, 0.15) is 0 Å². The number of nitriles is 1. The molecule has 2 aromatic carbocycles. The fourth-order valence-electron chi connectivity index (χ4n) is 2.94. The van der Waals surface area contributed by atoms with E-state index in [2.05, 4.69) is 4.90 Å². The van der Waals surface area contributed by atoms with Crippen molar-refractivity contribution in [3.63, 3.8) is 0 Å². The number of hydrogen-bond acceptors (Lipinski definition) is 5. The van der Waals surface area contributed by atoms with E-state index in [-0.39, 0.29) is 4.90 Å². The Morgan fingerprint density at radius 1 is 1.04 bits per heavy atom. The predicted octanol–water partition coefficient (Wildman–Crippen LogP) is 4.34. The number of likely N-dealkylation sites (N-methyl/N-ethyl adjacent to an activating group) is 1. The van der Waals surface area contributed by atoms with Crippen LogP contribution in [0, 0.1) is 11.3 Å². The van der Waals surface area contributed by atoms with Crippen LogP contribution in [-0.2, 0) is 10.0 Å². The first-order valence-corrected chi connectivity index (χ1v) is 11.7. The van der Waals surface area contributed by atoms with Gasteiger partial charge in [0.2, 0.25) is 10.0 Å². The van der Waals surface area contributed by atoms with Crippen LogP contribution in [0.4, 0.5) is 0 Å². The molecular weight excluding hydrogens is 437 g/mol. The van der Waals surface area contributed by atoms with Crippen LogP contribution in [0.1, 0.15) is 12.0 Å². The zero-order chi connectivity index (χ0) is 20.3. The molecule has 1 aliphatic rings. The summed E-state index contributed by atoms with van der Waals surface area (Å²) in [7, 11) is -1.78. The quantitative estimate of drug-likeness (QED) is 0.685. The molecule has 0 unspecified atom stereocenters. The molecule has 1 heterocycles. The molecule has 1 fully saturated rings. The molecule has 0 amide bonds. The van der Waals surface area contributed by atoms with Gasteiger partial charge in [-0.25, -0.2) is 8.42 Å². The fraction of sp³-hybridized carbons (Fsp3) is 0.316. The number of halogens is 2. The molecular formula is C19H19Cl2N3O2S2. The van der Waals surface area contributed by atoms with E-state index in [0.717, 1.165) is 13.0 Å². The minimum atomic E-state index is -3.76. The van der Waals surface area contributed by atoms with Crippen molar-refractivity contribution in [2.24, 2.45) is 0 Å². The summed E-state index contributed by atoms with van der Waals surface area (Å²) in [5.41, 5.74) is 0.298. The number of nitrogens with zero attached hydrogens (tertiary/aromatic N) is 3. The lowest BCUT2D eigenvalue weighted by molar-refractivity contribution is 0.347. The maximum absolute atomic E-state index is 13.4. The highest BCUT2D eigenvalue weighted by Crippen LogP contribution is 2.39. The molecule has 0 spiro atoms. The van der Waals surface area contributed by atoms with Gasteiger partial charge >= 0.3 is 0 Å². The molecule has 5 nitrogen and oxygen atoms in total. The van der Waals surface area contributed by atoms with Crippen molar-refractivity contribution < 1.29 is 8.42 Å². The molecule has 3 rings (SSSR count). The van der Waals surface area contributed by atoms with Crippen LogP contribution in [0.25, 0.3) is 0 Å². The van der Waals surface area contributed by atoms with Crippen molar-refractivity contribution in [1.82, 2.24) is 9.21 Å². The maximum Gasteiger partial charge on any atom is 0.244 e. The highest BCUT2D eigenvalue weighted by atomic mass is 35.5. The molecule has 1 aliphatic heterocycles. The third-order valence-electron chi connectivity index (χ3n) is 4.48. The first-order chi connectivity index (χ1) is 13.3. The lowest BCUT2D eigenvalue weighted by Crippen LogP contribution is -2.34. The zero-order valence-corrected chi connectivity index (χ0v) is 18.4. The Labute approximate surface area is 179 Å². The fourth-order valence-corrected chi connectivity index (χ4v) is 6.30. The van der Waals surface area contributed by atoms with Gasteiger partial charge in [-0.3, -0.25) is 0 Å². The largest absolute Gasteiger partial charge is 0.305 e. The van der Waals surface area contributed by atoms with Gasteiger partial charge in [-0.15, -0.1) is 0 Å². The Balaban J connectivity index is 2.03. The summed E-state index contributed by atoms with van der Waals surface area (Å²) in [5.74, 6) is 0. The smallest absolute Gasteiger partial charge is 0.244 e. The first-order valence-electron chi connectivity index (χ1n) is 8.67. The summed E-state index contributed by atoms with van der Waals surface area (Å²) >= 11 is 13.6. The van der Waals surface area contributed by atoms with Crippen molar-refractivity contribution in [2.45, 2.75) is 21.1 Å². The minimum Gasteiger partial charge on any atom is -0.305 e. The number of hydrogen-bond donors (Lipinski definition) is 0. The van der Waals surface area contributed by atoms with Crippen molar-refractivity contribution in [1.29, 1.82) is 5.26 Å².